The molecule has 1 fully saturated rings. The van der Waals surface area contributed by atoms with Crippen molar-refractivity contribution < 1.29 is 18.9 Å². The Balaban J connectivity index is 1.37. The Morgan fingerprint density at radius 3 is 2.92 bits per heavy atom. The van der Waals surface area contributed by atoms with Gasteiger partial charge in [-0.3, -0.25) is 4.99 Å². The third-order valence-corrected chi connectivity index (χ3v) is 4.37. The second-order valence-corrected chi connectivity index (χ2v) is 6.49. The van der Waals surface area contributed by atoms with E-state index in [-0.39, 0.29) is 0 Å². The summed E-state index contributed by atoms with van der Waals surface area (Å²) >= 11 is 0. The molecule has 7 heteroatoms. The summed E-state index contributed by atoms with van der Waals surface area (Å²) < 4.78 is 22.4. The number of ether oxygens (including phenoxy) is 4. The van der Waals surface area contributed by atoms with E-state index in [0.717, 1.165) is 75.4 Å². The number of hydrogen-bond acceptors (Lipinski definition) is 5. The van der Waals surface area contributed by atoms with Crippen LogP contribution in [0.25, 0.3) is 0 Å². The molecule has 1 atom stereocenters. The lowest BCUT2D eigenvalue weighted by atomic mass is 10.1. The second-order valence-electron chi connectivity index (χ2n) is 6.49. The lowest BCUT2D eigenvalue weighted by Gasteiger charge is -2.14. The summed E-state index contributed by atoms with van der Waals surface area (Å²) in [5.74, 6) is 2.86. The molecule has 1 aromatic carbocycles. The number of nitrogens with one attached hydrogen (secondary N) is 2. The number of guanidine groups is 1. The largest absolute Gasteiger partial charge is 0.490 e. The molecule has 0 spiro atoms. The molecule has 2 heterocycles. The van der Waals surface area contributed by atoms with Crippen LogP contribution in [0.15, 0.2) is 23.2 Å². The van der Waals surface area contributed by atoms with Crippen molar-refractivity contribution in [2.24, 2.45) is 10.9 Å². The summed E-state index contributed by atoms with van der Waals surface area (Å²) in [6, 6.07) is 5.84. The van der Waals surface area contributed by atoms with Gasteiger partial charge in [0.15, 0.2) is 17.5 Å². The molecular formula is C19H29N3O4. The smallest absolute Gasteiger partial charge is 0.195 e. The summed E-state index contributed by atoms with van der Waals surface area (Å²) in [6.07, 6.45) is 2.94. The summed E-state index contributed by atoms with van der Waals surface area (Å²) in [7, 11) is 1.76. The topological polar surface area (TPSA) is 73.3 Å². The Labute approximate surface area is 155 Å². The highest BCUT2D eigenvalue weighted by Gasteiger charge is 2.15. The Bertz CT molecular complexity index is 588. The first-order valence-electron chi connectivity index (χ1n) is 9.38. The summed E-state index contributed by atoms with van der Waals surface area (Å²) in [5, 5.41) is 6.58. The van der Waals surface area contributed by atoms with E-state index in [1.165, 1.54) is 0 Å². The highest BCUT2D eigenvalue weighted by atomic mass is 16.5. The zero-order valence-electron chi connectivity index (χ0n) is 15.5. The Morgan fingerprint density at radius 1 is 1.23 bits per heavy atom. The van der Waals surface area contributed by atoms with Crippen molar-refractivity contribution in [1.82, 2.24) is 5.32 Å². The first-order chi connectivity index (χ1) is 12.8. The normalized spacial score (nSPS) is 19.9. The number of anilines is 1. The minimum atomic E-state index is 0.566. The highest BCUT2D eigenvalue weighted by Crippen LogP contribution is 2.32. The third-order valence-electron chi connectivity index (χ3n) is 4.37. The van der Waals surface area contributed by atoms with E-state index in [2.05, 4.69) is 15.6 Å². The van der Waals surface area contributed by atoms with Crippen LogP contribution in [-0.2, 0) is 9.47 Å². The third kappa shape index (κ3) is 5.78. The number of rotatable bonds is 7. The van der Waals surface area contributed by atoms with Crippen molar-refractivity contribution in [3.05, 3.63) is 18.2 Å². The lowest BCUT2D eigenvalue weighted by molar-refractivity contribution is 0.0888. The van der Waals surface area contributed by atoms with Gasteiger partial charge in [0.1, 0.15) is 0 Å². The van der Waals surface area contributed by atoms with Crippen LogP contribution >= 0.6 is 0 Å². The van der Waals surface area contributed by atoms with E-state index in [1.807, 2.05) is 18.2 Å². The van der Waals surface area contributed by atoms with Crippen LogP contribution in [0.2, 0.25) is 0 Å². The molecule has 3 rings (SSSR count). The molecule has 0 aromatic heterocycles. The fraction of sp³-hybridized carbons (Fsp3) is 0.632. The Morgan fingerprint density at radius 2 is 2.12 bits per heavy atom. The maximum absolute atomic E-state index is 5.72. The molecule has 26 heavy (non-hydrogen) atoms. The van der Waals surface area contributed by atoms with Crippen molar-refractivity contribution in [1.29, 1.82) is 0 Å². The average Bonchev–Trinajstić information content (AvgIpc) is 3.07. The van der Waals surface area contributed by atoms with Crippen molar-refractivity contribution in [2.75, 3.05) is 58.6 Å². The van der Waals surface area contributed by atoms with Crippen LogP contribution in [-0.4, -0.2) is 59.2 Å². The number of aliphatic imine (C=N–C) groups is 1. The molecule has 0 bridgehead atoms. The quantitative estimate of drug-likeness (QED) is 0.440. The van der Waals surface area contributed by atoms with Gasteiger partial charge < -0.3 is 29.6 Å². The van der Waals surface area contributed by atoms with Gasteiger partial charge in [-0.15, -0.1) is 0 Å². The second kappa shape index (κ2) is 10.2. The Hall–Kier alpha value is -1.99. The van der Waals surface area contributed by atoms with Gasteiger partial charge >= 0.3 is 0 Å². The summed E-state index contributed by atoms with van der Waals surface area (Å²) in [5.41, 5.74) is 0.917. The molecule has 1 saturated heterocycles. The first-order valence-corrected chi connectivity index (χ1v) is 9.38. The average molecular weight is 363 g/mol. The predicted octanol–water partition coefficient (Wildman–Crippen LogP) is 2.28. The molecule has 1 unspecified atom stereocenters. The van der Waals surface area contributed by atoms with Gasteiger partial charge in [0.25, 0.3) is 0 Å². The predicted molar refractivity (Wildman–Crippen MR) is 101 cm³/mol. The molecule has 0 aliphatic carbocycles. The minimum Gasteiger partial charge on any atom is -0.490 e. The van der Waals surface area contributed by atoms with E-state index in [1.54, 1.807) is 7.05 Å². The fourth-order valence-electron chi connectivity index (χ4n) is 2.90. The molecule has 7 nitrogen and oxygen atoms in total. The number of fused-ring (bicyclic) bond motifs is 1. The first kappa shape index (κ1) is 18.8. The number of nitrogens with zero attached hydrogens (tertiary/aromatic N) is 1. The van der Waals surface area contributed by atoms with E-state index < -0.39 is 0 Å². The van der Waals surface area contributed by atoms with Crippen LogP contribution in [0.4, 0.5) is 5.69 Å². The summed E-state index contributed by atoms with van der Waals surface area (Å²) in [4.78, 5) is 4.26. The standard InChI is InChI=1S/C19H29N3O4/c1-20-19(21-7-2-8-23-13-15-6-11-24-14-15)22-16-4-5-17-18(12-16)26-10-3-9-25-17/h4-5,12,15H,2-3,6-11,13-14H2,1H3,(H2,20,21,22). The molecule has 0 radical (unpaired) electrons. The molecule has 2 aliphatic rings. The summed E-state index contributed by atoms with van der Waals surface area (Å²) in [6.45, 7) is 5.41. The minimum absolute atomic E-state index is 0.566. The van der Waals surface area contributed by atoms with Crippen molar-refractivity contribution in [3.63, 3.8) is 0 Å². The zero-order chi connectivity index (χ0) is 18.0. The van der Waals surface area contributed by atoms with E-state index >= 15 is 0 Å². The van der Waals surface area contributed by atoms with Gasteiger partial charge in [0.2, 0.25) is 0 Å². The van der Waals surface area contributed by atoms with Crippen LogP contribution in [0.3, 0.4) is 0 Å². The van der Waals surface area contributed by atoms with Gasteiger partial charge in [0.05, 0.1) is 26.4 Å². The van der Waals surface area contributed by atoms with Crippen LogP contribution in [0.5, 0.6) is 11.5 Å². The van der Waals surface area contributed by atoms with Crippen LogP contribution in [0.1, 0.15) is 19.3 Å². The monoisotopic (exact) mass is 363 g/mol. The lowest BCUT2D eigenvalue weighted by Crippen LogP contribution is -2.32. The molecule has 1 aromatic rings. The van der Waals surface area contributed by atoms with E-state index in [9.17, 15) is 0 Å². The zero-order valence-corrected chi connectivity index (χ0v) is 15.5. The fourth-order valence-corrected chi connectivity index (χ4v) is 2.90. The van der Waals surface area contributed by atoms with Gasteiger partial charge in [-0.2, -0.15) is 0 Å². The van der Waals surface area contributed by atoms with Crippen LogP contribution < -0.4 is 20.1 Å². The van der Waals surface area contributed by atoms with Crippen molar-refractivity contribution >= 4 is 11.6 Å². The van der Waals surface area contributed by atoms with Crippen molar-refractivity contribution in [2.45, 2.75) is 19.3 Å². The SMILES string of the molecule is CN=C(NCCCOCC1CCOC1)Nc1ccc2c(c1)OCCCO2. The van der Waals surface area contributed by atoms with Gasteiger partial charge in [0, 0.05) is 50.9 Å². The van der Waals surface area contributed by atoms with E-state index in [0.29, 0.717) is 19.1 Å². The number of benzene rings is 1. The van der Waals surface area contributed by atoms with Gasteiger partial charge in [-0.05, 0) is 25.0 Å². The van der Waals surface area contributed by atoms with Gasteiger partial charge in [-0.1, -0.05) is 0 Å². The molecule has 2 N–H and O–H groups in total. The van der Waals surface area contributed by atoms with Gasteiger partial charge in [-0.25, -0.2) is 0 Å². The maximum Gasteiger partial charge on any atom is 0.195 e. The molecule has 0 saturated carbocycles. The number of hydrogen-bond donors (Lipinski definition) is 2. The molecular weight excluding hydrogens is 334 g/mol. The Kier molecular flexibility index (Phi) is 7.39. The van der Waals surface area contributed by atoms with Crippen LogP contribution in [0, 0.1) is 5.92 Å². The molecule has 2 aliphatic heterocycles. The maximum atomic E-state index is 5.72. The molecule has 144 valence electrons. The highest BCUT2D eigenvalue weighted by molar-refractivity contribution is 5.93. The molecule has 0 amide bonds. The van der Waals surface area contributed by atoms with E-state index in [4.69, 9.17) is 18.9 Å². The van der Waals surface area contributed by atoms with Crippen molar-refractivity contribution in [3.8, 4) is 11.5 Å².